The summed E-state index contributed by atoms with van der Waals surface area (Å²) in [6.45, 7) is 14.2. The maximum absolute atomic E-state index is 5.95. The Balaban J connectivity index is 0. The number of rotatable bonds is 7. The van der Waals surface area contributed by atoms with Gasteiger partial charge in [-0.1, -0.05) is 24.3 Å². The molecule has 0 heterocycles. The first-order valence-corrected chi connectivity index (χ1v) is 8.34. The minimum absolute atomic E-state index is 0. The number of hydrogen-bond donors (Lipinski definition) is 0. The van der Waals surface area contributed by atoms with Crippen molar-refractivity contribution in [2.24, 2.45) is 0 Å². The standard InChI is InChI=1S/C17H24O3Si.H4Si/c1-11-15(5,6)18-21(14-4,19-16(7,8)12-2)20-17(9,10)13-3;/h1-3,14H,4H2,5-10H3;1H4. The van der Waals surface area contributed by atoms with Crippen LogP contribution in [0.3, 0.4) is 0 Å². The second kappa shape index (κ2) is 7.83. The molecule has 0 radical (unpaired) electrons. The van der Waals surface area contributed by atoms with Gasteiger partial charge < -0.3 is 13.3 Å². The van der Waals surface area contributed by atoms with Gasteiger partial charge in [-0.3, -0.25) is 0 Å². The second-order valence-corrected chi connectivity index (χ2v) is 8.31. The predicted octanol–water partition coefficient (Wildman–Crippen LogP) is 1.48. The zero-order valence-electron chi connectivity index (χ0n) is 13.7. The number of hydrogen-bond acceptors (Lipinski definition) is 3. The zero-order chi connectivity index (χ0) is 16.9. The Bertz CT molecular complexity index is 444. The smallest absolute Gasteiger partial charge is 0.354 e. The van der Waals surface area contributed by atoms with Gasteiger partial charge in [0.25, 0.3) is 0 Å². The first kappa shape index (κ1) is 23.0. The third kappa shape index (κ3) is 7.14. The van der Waals surface area contributed by atoms with E-state index in [0.29, 0.717) is 0 Å². The lowest BCUT2D eigenvalue weighted by Gasteiger charge is -2.39. The summed E-state index contributed by atoms with van der Waals surface area (Å²) in [6, 6.07) is 0. The lowest BCUT2D eigenvalue weighted by molar-refractivity contribution is -0.0378. The highest BCUT2D eigenvalue weighted by Gasteiger charge is 2.49. The van der Waals surface area contributed by atoms with Gasteiger partial charge in [0.2, 0.25) is 0 Å². The van der Waals surface area contributed by atoms with Crippen LogP contribution in [0.4, 0.5) is 0 Å². The van der Waals surface area contributed by atoms with Gasteiger partial charge in [0.15, 0.2) is 0 Å². The minimum atomic E-state index is -3.40. The highest BCUT2D eigenvalue weighted by atomic mass is 28.4. The fraction of sp³-hybridized carbons (Fsp3) is 0.529. The average molecular weight is 337 g/mol. The highest BCUT2D eigenvalue weighted by Crippen LogP contribution is 2.29. The van der Waals surface area contributed by atoms with Crippen LogP contribution >= 0.6 is 0 Å². The van der Waals surface area contributed by atoms with Gasteiger partial charge >= 0.3 is 8.80 Å². The first-order valence-electron chi connectivity index (χ1n) is 6.54. The van der Waals surface area contributed by atoms with Crippen molar-refractivity contribution >= 4 is 19.8 Å². The quantitative estimate of drug-likeness (QED) is 0.521. The summed E-state index contributed by atoms with van der Waals surface area (Å²) >= 11 is 0. The van der Waals surface area contributed by atoms with Gasteiger partial charge in [0, 0.05) is 0 Å². The molecule has 22 heavy (non-hydrogen) atoms. The van der Waals surface area contributed by atoms with Crippen molar-refractivity contribution < 1.29 is 13.3 Å². The summed E-state index contributed by atoms with van der Waals surface area (Å²) in [5.74, 6) is 7.62. The molecular weight excluding hydrogens is 308 g/mol. The molecular formula is C17H28O3Si2. The van der Waals surface area contributed by atoms with E-state index in [4.69, 9.17) is 32.5 Å². The molecule has 0 fully saturated rings. The van der Waals surface area contributed by atoms with Crippen LogP contribution in [0.2, 0.25) is 0 Å². The second-order valence-electron chi connectivity index (χ2n) is 6.08. The van der Waals surface area contributed by atoms with E-state index in [-0.39, 0.29) is 11.0 Å². The molecule has 0 aromatic rings. The Morgan fingerprint density at radius 1 is 0.773 bits per heavy atom. The summed E-state index contributed by atoms with van der Waals surface area (Å²) in [5.41, 5.74) is -1.23. The fourth-order valence-electron chi connectivity index (χ4n) is 1.34. The van der Waals surface area contributed by atoms with Crippen LogP contribution in [0.25, 0.3) is 0 Å². The third-order valence-electron chi connectivity index (χ3n) is 2.49. The number of terminal acetylenes is 3. The molecule has 0 aliphatic rings. The SMILES string of the molecule is C#CC(C)(C)O[Si](C=C)(OC(C)(C)C#C)OC(C)(C)C#C.[SiH4]. The van der Waals surface area contributed by atoms with E-state index in [2.05, 4.69) is 24.3 Å². The molecule has 0 saturated carbocycles. The molecule has 3 nitrogen and oxygen atoms in total. The summed E-state index contributed by atoms with van der Waals surface area (Å²) in [7, 11) is -3.40. The van der Waals surface area contributed by atoms with Gasteiger partial charge in [-0.15, -0.1) is 19.3 Å². The van der Waals surface area contributed by atoms with Crippen LogP contribution in [0, 0.1) is 37.0 Å². The topological polar surface area (TPSA) is 27.7 Å². The molecule has 0 saturated heterocycles. The summed E-state index contributed by atoms with van der Waals surface area (Å²) < 4.78 is 17.8. The van der Waals surface area contributed by atoms with E-state index in [9.17, 15) is 0 Å². The Hall–Kier alpha value is -1.27. The van der Waals surface area contributed by atoms with E-state index in [1.54, 1.807) is 41.5 Å². The van der Waals surface area contributed by atoms with Crippen molar-refractivity contribution in [3.63, 3.8) is 0 Å². The molecule has 0 rings (SSSR count). The predicted molar refractivity (Wildman–Crippen MR) is 99.3 cm³/mol. The van der Waals surface area contributed by atoms with Crippen LogP contribution in [0.1, 0.15) is 41.5 Å². The molecule has 5 heteroatoms. The summed E-state index contributed by atoms with van der Waals surface area (Å²) in [6.07, 6.45) is 16.4. The molecule has 0 bridgehead atoms. The molecule has 0 atom stereocenters. The van der Waals surface area contributed by atoms with E-state index < -0.39 is 25.6 Å². The lowest BCUT2D eigenvalue weighted by Crippen LogP contribution is -2.56. The van der Waals surface area contributed by atoms with Gasteiger partial charge in [0.05, 0.1) is 0 Å². The molecule has 0 aliphatic carbocycles. The van der Waals surface area contributed by atoms with Gasteiger partial charge in [0.1, 0.15) is 16.8 Å². The highest BCUT2D eigenvalue weighted by molar-refractivity contribution is 6.66. The minimum Gasteiger partial charge on any atom is -0.354 e. The van der Waals surface area contributed by atoms with Crippen LogP contribution in [-0.4, -0.2) is 36.6 Å². The van der Waals surface area contributed by atoms with Crippen molar-refractivity contribution in [3.05, 3.63) is 12.3 Å². The van der Waals surface area contributed by atoms with E-state index in [1.807, 2.05) is 0 Å². The molecule has 0 amide bonds. The van der Waals surface area contributed by atoms with Crippen molar-refractivity contribution in [2.75, 3.05) is 0 Å². The molecule has 0 aromatic heterocycles. The molecule has 0 N–H and O–H groups in total. The van der Waals surface area contributed by atoms with E-state index >= 15 is 0 Å². The largest absolute Gasteiger partial charge is 0.532 e. The Morgan fingerprint density at radius 2 is 1.00 bits per heavy atom. The lowest BCUT2D eigenvalue weighted by atomic mass is 10.2. The Kier molecular flexibility index (Phi) is 8.19. The average Bonchev–Trinajstić information content (AvgIpc) is 2.37. The monoisotopic (exact) mass is 336 g/mol. The van der Waals surface area contributed by atoms with Crippen molar-refractivity contribution in [3.8, 4) is 37.0 Å². The van der Waals surface area contributed by atoms with E-state index in [0.717, 1.165) is 0 Å². The zero-order valence-corrected chi connectivity index (χ0v) is 14.7. The summed E-state index contributed by atoms with van der Waals surface area (Å²) in [4.78, 5) is 0. The van der Waals surface area contributed by atoms with E-state index in [1.165, 1.54) is 5.70 Å². The molecule has 0 spiro atoms. The molecule has 0 aliphatic heterocycles. The van der Waals surface area contributed by atoms with Crippen LogP contribution in [-0.2, 0) is 13.3 Å². The maximum atomic E-state index is 5.95. The third-order valence-corrected chi connectivity index (χ3v) is 5.37. The van der Waals surface area contributed by atoms with Crippen molar-refractivity contribution in [1.82, 2.24) is 0 Å². The van der Waals surface area contributed by atoms with Crippen LogP contribution < -0.4 is 0 Å². The fourth-order valence-corrected chi connectivity index (χ4v) is 4.03. The maximum Gasteiger partial charge on any atom is 0.532 e. The van der Waals surface area contributed by atoms with Crippen molar-refractivity contribution in [1.29, 1.82) is 0 Å². The Morgan fingerprint density at radius 3 is 1.14 bits per heavy atom. The molecule has 0 aromatic carbocycles. The normalized spacial score (nSPS) is 12.3. The summed E-state index contributed by atoms with van der Waals surface area (Å²) in [5, 5.41) is 0. The van der Waals surface area contributed by atoms with Gasteiger partial charge in [-0.25, -0.2) is 0 Å². The van der Waals surface area contributed by atoms with Gasteiger partial charge in [-0.2, -0.15) is 0 Å². The first-order chi connectivity index (χ1) is 9.36. The molecule has 0 unspecified atom stereocenters. The molecule has 122 valence electrons. The van der Waals surface area contributed by atoms with Crippen LogP contribution in [0.5, 0.6) is 0 Å². The van der Waals surface area contributed by atoms with Gasteiger partial charge in [-0.05, 0) is 58.2 Å². The Labute approximate surface area is 141 Å². The van der Waals surface area contributed by atoms with Crippen molar-refractivity contribution in [2.45, 2.75) is 58.3 Å². The van der Waals surface area contributed by atoms with Crippen LogP contribution in [0.15, 0.2) is 12.3 Å².